The summed E-state index contributed by atoms with van der Waals surface area (Å²) in [5.74, 6) is 1.53. The van der Waals surface area contributed by atoms with Gasteiger partial charge in [0.2, 0.25) is 5.95 Å². The van der Waals surface area contributed by atoms with Crippen molar-refractivity contribution >= 4 is 35.9 Å². The standard InChI is InChI=1S/C19H27F3N8O.HI/c1-3-23-18(26-7-6-25-17-24-5-4-16(27-17)19(20,21)22)30-10-8-29(9-11-30)13-15-12-14(2)31-28-15;/h4-5,12H,3,6-11,13H2,1-2H3,(H,23,26)(H,24,25,27);1H. The molecule has 1 aliphatic rings. The van der Waals surface area contributed by atoms with Gasteiger partial charge in [-0.05, 0) is 19.9 Å². The zero-order valence-electron chi connectivity index (χ0n) is 18.0. The third-order valence-electron chi connectivity index (χ3n) is 4.67. The van der Waals surface area contributed by atoms with Crippen LogP contribution in [0.15, 0.2) is 27.8 Å². The van der Waals surface area contributed by atoms with E-state index < -0.39 is 11.9 Å². The number of aryl methyl sites for hydroxylation is 1. The maximum absolute atomic E-state index is 12.7. The molecule has 0 unspecified atom stereocenters. The molecule has 178 valence electrons. The molecule has 1 saturated heterocycles. The van der Waals surface area contributed by atoms with E-state index in [1.807, 2.05) is 19.9 Å². The summed E-state index contributed by atoms with van der Waals surface area (Å²) in [7, 11) is 0. The van der Waals surface area contributed by atoms with Crippen LogP contribution in [-0.2, 0) is 12.7 Å². The van der Waals surface area contributed by atoms with Crippen LogP contribution in [0.2, 0.25) is 0 Å². The summed E-state index contributed by atoms with van der Waals surface area (Å²) in [6.45, 7) is 9.40. The van der Waals surface area contributed by atoms with Crippen molar-refractivity contribution in [2.24, 2.45) is 4.99 Å². The Hall–Kier alpha value is -2.16. The van der Waals surface area contributed by atoms with Crippen molar-refractivity contribution < 1.29 is 17.7 Å². The molecule has 0 spiro atoms. The Morgan fingerprint density at radius 3 is 2.62 bits per heavy atom. The van der Waals surface area contributed by atoms with Gasteiger partial charge in [0.1, 0.15) is 11.5 Å². The topological polar surface area (TPSA) is 94.7 Å². The lowest BCUT2D eigenvalue weighted by molar-refractivity contribution is -0.141. The van der Waals surface area contributed by atoms with Crippen molar-refractivity contribution in [3.63, 3.8) is 0 Å². The normalized spacial score (nSPS) is 15.4. The fourth-order valence-corrected chi connectivity index (χ4v) is 3.20. The molecule has 0 bridgehead atoms. The van der Waals surface area contributed by atoms with Crippen LogP contribution in [0.3, 0.4) is 0 Å². The van der Waals surface area contributed by atoms with Gasteiger partial charge in [0.25, 0.3) is 0 Å². The van der Waals surface area contributed by atoms with Crippen molar-refractivity contribution in [3.05, 3.63) is 35.5 Å². The van der Waals surface area contributed by atoms with Gasteiger partial charge in [-0.15, -0.1) is 24.0 Å². The second kappa shape index (κ2) is 12.2. The summed E-state index contributed by atoms with van der Waals surface area (Å²) in [6, 6.07) is 2.79. The first-order chi connectivity index (χ1) is 14.8. The zero-order valence-corrected chi connectivity index (χ0v) is 20.4. The molecule has 0 radical (unpaired) electrons. The number of nitrogens with zero attached hydrogens (tertiary/aromatic N) is 6. The van der Waals surface area contributed by atoms with Gasteiger partial charge in [0.15, 0.2) is 5.96 Å². The number of nitrogens with one attached hydrogen (secondary N) is 2. The van der Waals surface area contributed by atoms with Gasteiger partial charge in [0.05, 0.1) is 12.2 Å². The highest BCUT2D eigenvalue weighted by atomic mass is 127. The average molecular weight is 568 g/mol. The number of hydrogen-bond acceptors (Lipinski definition) is 7. The number of anilines is 1. The summed E-state index contributed by atoms with van der Waals surface area (Å²) in [5.41, 5.74) is -0.0464. The zero-order chi connectivity index (χ0) is 22.3. The highest BCUT2D eigenvalue weighted by Crippen LogP contribution is 2.27. The summed E-state index contributed by atoms with van der Waals surface area (Å²) in [5, 5.41) is 10.1. The van der Waals surface area contributed by atoms with Crippen molar-refractivity contribution in [1.82, 2.24) is 30.2 Å². The number of aromatic nitrogens is 3. The van der Waals surface area contributed by atoms with Gasteiger partial charge in [0, 0.05) is 58.1 Å². The van der Waals surface area contributed by atoms with Gasteiger partial charge < -0.3 is 20.1 Å². The van der Waals surface area contributed by atoms with E-state index in [1.54, 1.807) is 0 Å². The SMILES string of the molecule is CCNC(=NCCNc1nccc(C(F)(F)F)n1)N1CCN(Cc2cc(C)on2)CC1.I. The second-order valence-electron chi connectivity index (χ2n) is 7.12. The number of halogens is 4. The Bertz CT molecular complexity index is 868. The Labute approximate surface area is 201 Å². The van der Waals surface area contributed by atoms with E-state index in [-0.39, 0.29) is 29.9 Å². The van der Waals surface area contributed by atoms with Crippen LogP contribution in [0.25, 0.3) is 0 Å². The van der Waals surface area contributed by atoms with Crippen molar-refractivity contribution in [1.29, 1.82) is 0 Å². The number of alkyl halides is 3. The predicted octanol–water partition coefficient (Wildman–Crippen LogP) is 2.61. The molecule has 0 saturated carbocycles. The van der Waals surface area contributed by atoms with Gasteiger partial charge in [-0.25, -0.2) is 9.97 Å². The molecule has 0 amide bonds. The minimum atomic E-state index is -4.50. The minimum Gasteiger partial charge on any atom is -0.361 e. The lowest BCUT2D eigenvalue weighted by Gasteiger charge is -2.36. The molecule has 9 nitrogen and oxygen atoms in total. The molecular weight excluding hydrogens is 540 g/mol. The molecule has 2 aromatic heterocycles. The molecule has 3 rings (SSSR count). The Morgan fingerprint density at radius 1 is 1.25 bits per heavy atom. The maximum Gasteiger partial charge on any atom is 0.433 e. The van der Waals surface area contributed by atoms with E-state index in [4.69, 9.17) is 4.52 Å². The third-order valence-corrected chi connectivity index (χ3v) is 4.67. The number of hydrogen-bond donors (Lipinski definition) is 2. The molecule has 3 heterocycles. The Balaban J connectivity index is 0.00000363. The van der Waals surface area contributed by atoms with E-state index in [0.29, 0.717) is 13.1 Å². The van der Waals surface area contributed by atoms with Crippen LogP contribution >= 0.6 is 24.0 Å². The first-order valence-electron chi connectivity index (χ1n) is 10.2. The fourth-order valence-electron chi connectivity index (χ4n) is 3.20. The van der Waals surface area contributed by atoms with Crippen LogP contribution < -0.4 is 10.6 Å². The van der Waals surface area contributed by atoms with Crippen molar-refractivity contribution in [2.75, 3.05) is 51.1 Å². The molecule has 1 aliphatic heterocycles. The summed E-state index contributed by atoms with van der Waals surface area (Å²) in [4.78, 5) is 16.4. The fraction of sp³-hybridized carbons (Fsp3) is 0.579. The van der Waals surface area contributed by atoms with E-state index in [0.717, 1.165) is 68.9 Å². The van der Waals surface area contributed by atoms with Crippen LogP contribution in [-0.4, -0.2) is 76.7 Å². The lowest BCUT2D eigenvalue weighted by atomic mass is 10.3. The first kappa shape index (κ1) is 26.1. The summed E-state index contributed by atoms with van der Waals surface area (Å²) >= 11 is 0. The molecule has 0 aromatic carbocycles. The number of aliphatic imine (C=N–C) groups is 1. The smallest absolute Gasteiger partial charge is 0.361 e. The van der Waals surface area contributed by atoms with Crippen LogP contribution in [0.5, 0.6) is 0 Å². The predicted molar refractivity (Wildman–Crippen MR) is 125 cm³/mol. The molecule has 2 aromatic rings. The summed E-state index contributed by atoms with van der Waals surface area (Å²) < 4.78 is 43.3. The lowest BCUT2D eigenvalue weighted by Crippen LogP contribution is -2.52. The van der Waals surface area contributed by atoms with E-state index in [9.17, 15) is 13.2 Å². The van der Waals surface area contributed by atoms with E-state index >= 15 is 0 Å². The van der Waals surface area contributed by atoms with Gasteiger partial charge in [-0.1, -0.05) is 5.16 Å². The van der Waals surface area contributed by atoms with Crippen molar-refractivity contribution in [2.45, 2.75) is 26.6 Å². The highest BCUT2D eigenvalue weighted by molar-refractivity contribution is 14.0. The molecule has 0 aliphatic carbocycles. The molecule has 32 heavy (non-hydrogen) atoms. The molecule has 13 heteroatoms. The molecular formula is C19H28F3IN8O. The third kappa shape index (κ3) is 7.76. The monoisotopic (exact) mass is 568 g/mol. The first-order valence-corrected chi connectivity index (χ1v) is 10.2. The van der Waals surface area contributed by atoms with Crippen LogP contribution in [0.1, 0.15) is 24.1 Å². The quantitative estimate of drug-likeness (QED) is 0.228. The van der Waals surface area contributed by atoms with E-state index in [2.05, 4.69) is 40.6 Å². The Morgan fingerprint density at radius 2 is 2.00 bits per heavy atom. The minimum absolute atomic E-state index is 0. The van der Waals surface area contributed by atoms with Gasteiger partial charge in [-0.2, -0.15) is 13.2 Å². The average Bonchev–Trinajstić information content (AvgIpc) is 3.15. The number of piperazine rings is 1. The number of guanidine groups is 1. The largest absolute Gasteiger partial charge is 0.433 e. The molecule has 0 atom stereocenters. The van der Waals surface area contributed by atoms with Crippen LogP contribution in [0, 0.1) is 6.92 Å². The summed E-state index contributed by atoms with van der Waals surface area (Å²) in [6.07, 6.45) is -3.41. The van der Waals surface area contributed by atoms with Crippen molar-refractivity contribution in [3.8, 4) is 0 Å². The number of rotatable bonds is 7. The highest BCUT2D eigenvalue weighted by Gasteiger charge is 2.32. The molecule has 1 fully saturated rings. The van der Waals surface area contributed by atoms with E-state index in [1.165, 1.54) is 0 Å². The van der Waals surface area contributed by atoms with Gasteiger partial charge >= 0.3 is 6.18 Å². The van der Waals surface area contributed by atoms with Crippen LogP contribution in [0.4, 0.5) is 19.1 Å². The molecule has 2 N–H and O–H groups in total. The Kier molecular flexibility index (Phi) is 9.93. The maximum atomic E-state index is 12.7. The second-order valence-corrected chi connectivity index (χ2v) is 7.12. The van der Waals surface area contributed by atoms with Gasteiger partial charge in [-0.3, -0.25) is 9.89 Å².